The van der Waals surface area contributed by atoms with Crippen molar-refractivity contribution in [2.24, 2.45) is 11.8 Å². The van der Waals surface area contributed by atoms with Gasteiger partial charge in [0.05, 0.1) is 11.6 Å². The summed E-state index contributed by atoms with van der Waals surface area (Å²) in [6, 6.07) is 6.82. The third-order valence-electron chi connectivity index (χ3n) is 6.97. The lowest BCUT2D eigenvalue weighted by Gasteiger charge is -2.42. The van der Waals surface area contributed by atoms with E-state index in [0.717, 1.165) is 13.0 Å². The molecule has 0 radical (unpaired) electrons. The number of hydrogen-bond acceptors (Lipinski definition) is 6. The quantitative estimate of drug-likeness (QED) is 0.479. The van der Waals surface area contributed by atoms with E-state index in [1.165, 1.54) is 0 Å². The standard InChI is InChI=1S/C25H36ClN3O5/c1-17-14-21(33-3)8-9-22(30)18(2)23(31)34-16-25(27-15-17)10-12-29(13-11-25)24(32)28-20-6-4-19(26)5-7-20/h4-7,17-18,21,27H,8-16H2,1-3H3,(H,28,32)/t17-,18?,21?/m1/s1. The molecule has 188 valence electrons. The highest BCUT2D eigenvalue weighted by atomic mass is 35.5. The van der Waals surface area contributed by atoms with E-state index >= 15 is 0 Å². The van der Waals surface area contributed by atoms with Gasteiger partial charge in [-0.25, -0.2) is 4.79 Å². The smallest absolute Gasteiger partial charge is 0.321 e. The van der Waals surface area contributed by atoms with Crippen molar-refractivity contribution in [1.82, 2.24) is 10.2 Å². The number of hydrogen-bond donors (Lipinski definition) is 2. The highest BCUT2D eigenvalue weighted by Gasteiger charge is 2.38. The van der Waals surface area contributed by atoms with Crippen molar-refractivity contribution in [3.8, 4) is 0 Å². The van der Waals surface area contributed by atoms with Crippen LogP contribution in [0.15, 0.2) is 24.3 Å². The lowest BCUT2D eigenvalue weighted by Crippen LogP contribution is -2.58. The van der Waals surface area contributed by atoms with Gasteiger partial charge in [-0.3, -0.25) is 9.59 Å². The highest BCUT2D eigenvalue weighted by molar-refractivity contribution is 6.30. The molecule has 3 rings (SSSR count). The van der Waals surface area contributed by atoms with Crippen molar-refractivity contribution in [2.45, 2.75) is 57.6 Å². The summed E-state index contributed by atoms with van der Waals surface area (Å²) in [6.45, 7) is 5.71. The number of nitrogens with zero attached hydrogens (tertiary/aromatic N) is 1. The minimum atomic E-state index is -0.794. The molecule has 0 bridgehead atoms. The Balaban J connectivity index is 1.65. The van der Waals surface area contributed by atoms with Gasteiger partial charge in [-0.1, -0.05) is 18.5 Å². The van der Waals surface area contributed by atoms with Crippen LogP contribution >= 0.6 is 11.6 Å². The number of ether oxygens (including phenoxy) is 2. The number of rotatable bonds is 2. The fraction of sp³-hybridized carbons (Fsp3) is 0.640. The molecular formula is C25H36ClN3O5. The molecule has 1 spiro atoms. The molecule has 8 nitrogen and oxygen atoms in total. The predicted octanol–water partition coefficient (Wildman–Crippen LogP) is 3.88. The summed E-state index contributed by atoms with van der Waals surface area (Å²) in [5, 5.41) is 7.15. The van der Waals surface area contributed by atoms with Gasteiger partial charge in [0.15, 0.2) is 0 Å². The van der Waals surface area contributed by atoms with Crippen LogP contribution in [-0.4, -0.2) is 67.7 Å². The first-order valence-corrected chi connectivity index (χ1v) is 12.4. The molecule has 1 aromatic carbocycles. The maximum absolute atomic E-state index is 12.7. The molecule has 0 aliphatic carbocycles. The van der Waals surface area contributed by atoms with Crippen LogP contribution in [-0.2, 0) is 19.1 Å². The van der Waals surface area contributed by atoms with Crippen molar-refractivity contribution in [3.63, 3.8) is 0 Å². The number of carbonyl (C=O) groups is 3. The summed E-state index contributed by atoms with van der Waals surface area (Å²) in [5.41, 5.74) is 0.240. The molecule has 2 fully saturated rings. The van der Waals surface area contributed by atoms with E-state index in [-0.39, 0.29) is 24.5 Å². The van der Waals surface area contributed by atoms with E-state index in [4.69, 9.17) is 21.1 Å². The zero-order valence-electron chi connectivity index (χ0n) is 20.3. The molecule has 0 saturated carbocycles. The normalized spacial score (nSPS) is 26.7. The minimum Gasteiger partial charge on any atom is -0.463 e. The number of anilines is 1. The molecule has 9 heteroatoms. The monoisotopic (exact) mass is 493 g/mol. The van der Waals surface area contributed by atoms with Gasteiger partial charge in [0.1, 0.15) is 18.3 Å². The third kappa shape index (κ3) is 7.17. The number of halogens is 1. The summed E-state index contributed by atoms with van der Waals surface area (Å²) < 4.78 is 11.2. The van der Waals surface area contributed by atoms with E-state index in [2.05, 4.69) is 17.6 Å². The van der Waals surface area contributed by atoms with Gasteiger partial charge in [-0.2, -0.15) is 0 Å². The number of piperidine rings is 1. The molecule has 2 N–H and O–H groups in total. The van der Waals surface area contributed by atoms with Gasteiger partial charge in [0.25, 0.3) is 0 Å². The Morgan fingerprint density at radius 2 is 1.88 bits per heavy atom. The number of ketones is 1. The molecule has 2 aliphatic heterocycles. The first kappa shape index (κ1) is 26.4. The number of likely N-dealkylation sites (tertiary alicyclic amines) is 1. The van der Waals surface area contributed by atoms with Crippen LogP contribution in [0.2, 0.25) is 5.02 Å². The molecule has 2 unspecified atom stereocenters. The number of esters is 1. The number of methoxy groups -OCH3 is 1. The number of cyclic esters (lactones) is 1. The SMILES string of the molecule is COC1CCC(=O)C(C)C(=O)OCC2(CCN(C(=O)Nc3ccc(Cl)cc3)CC2)NC[C@H](C)C1. The number of amides is 2. The molecule has 34 heavy (non-hydrogen) atoms. The maximum Gasteiger partial charge on any atom is 0.321 e. The lowest BCUT2D eigenvalue weighted by atomic mass is 9.87. The van der Waals surface area contributed by atoms with Crippen molar-refractivity contribution in [3.05, 3.63) is 29.3 Å². The van der Waals surface area contributed by atoms with Crippen molar-refractivity contribution < 1.29 is 23.9 Å². The second-order valence-electron chi connectivity index (χ2n) is 9.62. The first-order valence-electron chi connectivity index (χ1n) is 12.0. The molecule has 2 amide bonds. The van der Waals surface area contributed by atoms with Gasteiger partial charge >= 0.3 is 12.0 Å². The van der Waals surface area contributed by atoms with Crippen LogP contribution in [0.25, 0.3) is 0 Å². The third-order valence-corrected chi connectivity index (χ3v) is 7.22. The van der Waals surface area contributed by atoms with E-state index < -0.39 is 17.4 Å². The summed E-state index contributed by atoms with van der Waals surface area (Å²) in [7, 11) is 1.66. The average molecular weight is 494 g/mol. The van der Waals surface area contributed by atoms with Gasteiger partial charge in [0, 0.05) is 37.3 Å². The van der Waals surface area contributed by atoms with E-state index in [9.17, 15) is 14.4 Å². The number of benzene rings is 1. The molecular weight excluding hydrogens is 458 g/mol. The zero-order chi connectivity index (χ0) is 24.7. The lowest BCUT2D eigenvalue weighted by molar-refractivity contribution is -0.154. The molecule has 1 aromatic rings. The predicted molar refractivity (Wildman–Crippen MR) is 131 cm³/mol. The van der Waals surface area contributed by atoms with Crippen LogP contribution < -0.4 is 10.6 Å². The second kappa shape index (κ2) is 12.0. The Bertz CT molecular complexity index is 855. The first-order chi connectivity index (χ1) is 16.2. The molecule has 2 aliphatic rings. The summed E-state index contributed by atoms with van der Waals surface area (Å²) in [6.07, 6.45) is 2.97. The van der Waals surface area contributed by atoms with Gasteiger partial charge < -0.3 is 25.0 Å². The topological polar surface area (TPSA) is 97.0 Å². The maximum atomic E-state index is 12.7. The van der Waals surface area contributed by atoms with Crippen molar-refractivity contribution in [2.75, 3.05) is 38.7 Å². The van der Waals surface area contributed by atoms with Gasteiger partial charge in [-0.15, -0.1) is 0 Å². The largest absolute Gasteiger partial charge is 0.463 e. The number of carbonyl (C=O) groups excluding carboxylic acids is 3. The van der Waals surface area contributed by atoms with Crippen LogP contribution in [0.5, 0.6) is 0 Å². The van der Waals surface area contributed by atoms with Crippen molar-refractivity contribution >= 4 is 35.1 Å². The highest BCUT2D eigenvalue weighted by Crippen LogP contribution is 2.26. The van der Waals surface area contributed by atoms with Crippen LogP contribution in [0.3, 0.4) is 0 Å². The Morgan fingerprint density at radius 3 is 2.53 bits per heavy atom. The minimum absolute atomic E-state index is 0.0286. The van der Waals surface area contributed by atoms with E-state index in [1.807, 2.05) is 0 Å². The summed E-state index contributed by atoms with van der Waals surface area (Å²) in [5.74, 6) is -1.08. The summed E-state index contributed by atoms with van der Waals surface area (Å²) in [4.78, 5) is 39.6. The Labute approximate surface area is 206 Å². The van der Waals surface area contributed by atoms with Crippen LogP contribution in [0.1, 0.15) is 46.0 Å². The average Bonchev–Trinajstić information content (AvgIpc) is 2.85. The fourth-order valence-corrected chi connectivity index (χ4v) is 4.61. The van der Waals surface area contributed by atoms with Crippen LogP contribution in [0.4, 0.5) is 10.5 Å². The van der Waals surface area contributed by atoms with Gasteiger partial charge in [0.2, 0.25) is 0 Å². The zero-order valence-corrected chi connectivity index (χ0v) is 21.0. The Hall–Kier alpha value is -2.16. The molecule has 0 aromatic heterocycles. The molecule has 3 atom stereocenters. The number of urea groups is 1. The van der Waals surface area contributed by atoms with Crippen LogP contribution in [0, 0.1) is 11.8 Å². The Morgan fingerprint density at radius 1 is 1.21 bits per heavy atom. The van der Waals surface area contributed by atoms with E-state index in [0.29, 0.717) is 55.4 Å². The fourth-order valence-electron chi connectivity index (χ4n) is 4.49. The summed E-state index contributed by atoms with van der Waals surface area (Å²) >= 11 is 5.92. The Kier molecular flexibility index (Phi) is 9.33. The molecule has 2 heterocycles. The number of Topliss-reactive ketones (excluding diaryl/α,β-unsaturated/α-hetero) is 1. The van der Waals surface area contributed by atoms with Crippen molar-refractivity contribution in [1.29, 1.82) is 0 Å². The molecule has 2 saturated heterocycles. The number of nitrogens with one attached hydrogen (secondary N) is 2. The van der Waals surface area contributed by atoms with Gasteiger partial charge in [-0.05, 0) is 69.3 Å². The van der Waals surface area contributed by atoms with E-state index in [1.54, 1.807) is 43.2 Å². The second-order valence-corrected chi connectivity index (χ2v) is 10.1.